The Bertz CT molecular complexity index is 1060. The molecule has 2 aliphatic heterocycles. The van der Waals surface area contributed by atoms with Crippen molar-refractivity contribution in [2.24, 2.45) is 5.92 Å². The highest BCUT2D eigenvalue weighted by atomic mass is 28.4. The van der Waals surface area contributed by atoms with E-state index in [1.807, 2.05) is 24.4 Å². The summed E-state index contributed by atoms with van der Waals surface area (Å²) in [4.78, 5) is 23.5. The van der Waals surface area contributed by atoms with Gasteiger partial charge in [0.05, 0.1) is 11.6 Å². The van der Waals surface area contributed by atoms with Crippen LogP contribution in [-0.4, -0.2) is 55.9 Å². The maximum atomic E-state index is 11.4. The van der Waals surface area contributed by atoms with Crippen molar-refractivity contribution < 1.29 is 23.8 Å². The van der Waals surface area contributed by atoms with E-state index in [-0.39, 0.29) is 17.7 Å². The quantitative estimate of drug-likeness (QED) is 0.395. The number of carbonyl (C=O) groups is 1. The van der Waals surface area contributed by atoms with Crippen LogP contribution in [0.25, 0.3) is 11.3 Å². The van der Waals surface area contributed by atoms with Crippen molar-refractivity contribution in [1.82, 2.24) is 9.97 Å². The molecular weight excluding hydrogens is 462 g/mol. The number of aryl methyl sites for hydroxylation is 1. The highest BCUT2D eigenvalue weighted by Gasteiger charge is 2.36. The number of nitrogens with zero attached hydrogens (tertiary/aromatic N) is 3. The van der Waals surface area contributed by atoms with Crippen molar-refractivity contribution in [1.29, 1.82) is 0 Å². The third-order valence-corrected chi connectivity index (χ3v) is 12.0. The molecule has 1 N–H and O–H groups in total. The number of fused-ring (bicyclic) bond motifs is 1. The molecule has 9 heteroatoms. The zero-order valence-corrected chi connectivity index (χ0v) is 22.5. The summed E-state index contributed by atoms with van der Waals surface area (Å²) in [6.07, 6.45) is 4.71. The number of anilines is 1. The van der Waals surface area contributed by atoms with Crippen molar-refractivity contribution in [3.63, 3.8) is 0 Å². The average Bonchev–Trinajstić information content (AvgIpc) is 3.29. The number of aromatic nitrogens is 2. The fourth-order valence-corrected chi connectivity index (χ4v) is 5.23. The molecule has 2 aliphatic rings. The van der Waals surface area contributed by atoms with E-state index >= 15 is 0 Å². The van der Waals surface area contributed by atoms with Crippen LogP contribution in [-0.2, 0) is 15.6 Å². The second-order valence-corrected chi connectivity index (χ2v) is 15.7. The van der Waals surface area contributed by atoms with Gasteiger partial charge in [0.25, 0.3) is 0 Å². The monoisotopic (exact) mass is 499 g/mol. The largest absolute Gasteiger partial charge is 0.481 e. The molecule has 0 atom stereocenters. The minimum atomic E-state index is -1.77. The minimum Gasteiger partial charge on any atom is -0.481 e. The Balaban J connectivity index is 1.53. The summed E-state index contributed by atoms with van der Waals surface area (Å²) in [7, 11) is -1.77. The van der Waals surface area contributed by atoms with Crippen molar-refractivity contribution in [3.8, 4) is 22.8 Å². The topological polar surface area (TPSA) is 94.0 Å². The molecule has 0 unspecified atom stereocenters. The molecule has 0 aliphatic carbocycles. The molecule has 1 fully saturated rings. The Morgan fingerprint density at radius 3 is 2.60 bits per heavy atom. The molecule has 0 amide bonds. The number of ether oxygens (including phenoxy) is 2. The number of carboxylic acids is 1. The van der Waals surface area contributed by atoms with Gasteiger partial charge in [0.2, 0.25) is 6.79 Å². The molecule has 0 bridgehead atoms. The lowest BCUT2D eigenvalue weighted by Crippen LogP contribution is -2.41. The molecule has 1 aromatic heterocycles. The van der Waals surface area contributed by atoms with Crippen LogP contribution in [0.2, 0.25) is 18.1 Å². The maximum Gasteiger partial charge on any atom is 0.306 e. The third-order valence-electron chi connectivity index (χ3n) is 7.44. The molecule has 35 heavy (non-hydrogen) atoms. The lowest BCUT2D eigenvalue weighted by atomic mass is 9.97. The van der Waals surface area contributed by atoms with Gasteiger partial charge in [-0.3, -0.25) is 9.78 Å². The summed E-state index contributed by atoms with van der Waals surface area (Å²) < 4.78 is 17.4. The van der Waals surface area contributed by atoms with E-state index in [0.717, 1.165) is 41.4 Å². The third kappa shape index (κ3) is 5.78. The van der Waals surface area contributed by atoms with Crippen LogP contribution in [0.4, 0.5) is 5.82 Å². The van der Waals surface area contributed by atoms with E-state index in [4.69, 9.17) is 23.9 Å². The van der Waals surface area contributed by atoms with Gasteiger partial charge in [-0.05, 0) is 62.0 Å². The summed E-state index contributed by atoms with van der Waals surface area (Å²) >= 11 is 0. The molecule has 190 valence electrons. The summed E-state index contributed by atoms with van der Waals surface area (Å²) in [6, 6.07) is 5.80. The van der Waals surface area contributed by atoms with Crippen LogP contribution >= 0.6 is 0 Å². The number of piperidine rings is 1. The zero-order chi connectivity index (χ0) is 25.2. The standard InChI is InChI=1S/C26H37N3O5Si/c1-26(2,3)35(4,5)34-14-6-7-20-16-27-23(19-8-9-21-22(15-19)33-17-32-21)24(28-20)29-12-10-18(11-13-29)25(30)31/h8-9,15-16,18H,6-7,10-14,17H2,1-5H3,(H,30,31). The fraction of sp³-hybridized carbons (Fsp3) is 0.577. The average molecular weight is 500 g/mol. The van der Waals surface area contributed by atoms with Gasteiger partial charge in [-0.15, -0.1) is 0 Å². The van der Waals surface area contributed by atoms with Gasteiger partial charge in [-0.2, -0.15) is 0 Å². The van der Waals surface area contributed by atoms with E-state index in [0.29, 0.717) is 38.3 Å². The van der Waals surface area contributed by atoms with Gasteiger partial charge in [0.1, 0.15) is 5.69 Å². The van der Waals surface area contributed by atoms with Gasteiger partial charge < -0.3 is 23.9 Å². The highest BCUT2D eigenvalue weighted by molar-refractivity contribution is 6.74. The number of hydrogen-bond donors (Lipinski definition) is 1. The van der Waals surface area contributed by atoms with Gasteiger partial charge in [0.15, 0.2) is 25.6 Å². The number of hydrogen-bond acceptors (Lipinski definition) is 7. The lowest BCUT2D eigenvalue weighted by Gasteiger charge is -2.36. The molecule has 2 aromatic rings. The molecule has 0 spiro atoms. The molecule has 0 saturated carbocycles. The normalized spacial score (nSPS) is 16.5. The smallest absolute Gasteiger partial charge is 0.306 e. The zero-order valence-electron chi connectivity index (χ0n) is 21.5. The molecule has 8 nitrogen and oxygen atoms in total. The summed E-state index contributed by atoms with van der Waals surface area (Å²) in [5, 5.41) is 9.60. The SMILES string of the molecule is CC(C)(C)[Si](C)(C)OCCCc1cnc(-c2ccc3c(c2)OCO3)c(N2CCC(C(=O)O)CC2)n1. The predicted octanol–water partition coefficient (Wildman–Crippen LogP) is 5.13. The Labute approximate surface area is 208 Å². The highest BCUT2D eigenvalue weighted by Crippen LogP contribution is 2.39. The van der Waals surface area contributed by atoms with E-state index < -0.39 is 14.3 Å². The molecule has 4 rings (SSSR count). The second-order valence-electron chi connectivity index (χ2n) is 10.9. The van der Waals surface area contributed by atoms with E-state index in [2.05, 4.69) is 38.8 Å². The van der Waals surface area contributed by atoms with E-state index in [9.17, 15) is 9.90 Å². The first-order chi connectivity index (χ1) is 16.5. The Morgan fingerprint density at radius 2 is 1.91 bits per heavy atom. The Hall–Kier alpha value is -2.65. The van der Waals surface area contributed by atoms with Gasteiger partial charge >= 0.3 is 5.97 Å². The molecule has 0 radical (unpaired) electrons. The summed E-state index contributed by atoms with van der Waals surface area (Å²) in [6.45, 7) is 13.5. The van der Waals surface area contributed by atoms with Crippen molar-refractivity contribution in [2.75, 3.05) is 31.4 Å². The van der Waals surface area contributed by atoms with Crippen LogP contribution < -0.4 is 14.4 Å². The Morgan fingerprint density at radius 1 is 1.20 bits per heavy atom. The van der Waals surface area contributed by atoms with Crippen LogP contribution in [0.15, 0.2) is 24.4 Å². The number of aliphatic carboxylic acids is 1. The minimum absolute atomic E-state index is 0.189. The first-order valence-electron chi connectivity index (χ1n) is 12.4. The fourth-order valence-electron chi connectivity index (χ4n) is 4.14. The number of benzene rings is 1. The van der Waals surface area contributed by atoms with E-state index in [1.165, 1.54) is 0 Å². The van der Waals surface area contributed by atoms with E-state index in [1.54, 1.807) is 0 Å². The number of carboxylic acid groups (broad SMARTS) is 1. The molecule has 1 saturated heterocycles. The van der Waals surface area contributed by atoms with Crippen molar-refractivity contribution >= 4 is 20.1 Å². The predicted molar refractivity (Wildman–Crippen MR) is 138 cm³/mol. The molecular formula is C26H37N3O5Si. The maximum absolute atomic E-state index is 11.4. The molecule has 1 aromatic carbocycles. The Kier molecular flexibility index (Phi) is 7.37. The van der Waals surface area contributed by atoms with Crippen molar-refractivity contribution in [2.45, 2.75) is 64.6 Å². The van der Waals surface area contributed by atoms with Gasteiger partial charge in [-0.25, -0.2) is 4.98 Å². The first kappa shape index (κ1) is 25.4. The second kappa shape index (κ2) is 10.1. The van der Waals surface area contributed by atoms with Crippen LogP contribution in [0.5, 0.6) is 11.5 Å². The lowest BCUT2D eigenvalue weighted by molar-refractivity contribution is -0.142. The molecule has 3 heterocycles. The van der Waals surface area contributed by atoms with Gasteiger partial charge in [-0.1, -0.05) is 20.8 Å². The van der Waals surface area contributed by atoms with Crippen molar-refractivity contribution in [3.05, 3.63) is 30.1 Å². The van der Waals surface area contributed by atoms with Crippen LogP contribution in [0.3, 0.4) is 0 Å². The summed E-state index contributed by atoms with van der Waals surface area (Å²) in [5.74, 6) is 1.21. The van der Waals surface area contributed by atoms with Crippen LogP contribution in [0, 0.1) is 5.92 Å². The summed E-state index contributed by atoms with van der Waals surface area (Å²) in [5.41, 5.74) is 2.60. The number of rotatable bonds is 8. The first-order valence-corrected chi connectivity index (χ1v) is 15.3. The van der Waals surface area contributed by atoms with Gasteiger partial charge in [0, 0.05) is 31.5 Å². The van der Waals surface area contributed by atoms with Crippen LogP contribution in [0.1, 0.15) is 45.7 Å².